The summed E-state index contributed by atoms with van der Waals surface area (Å²) in [6.45, 7) is 5.19. The second-order valence-corrected chi connectivity index (χ2v) is 6.58. The van der Waals surface area contributed by atoms with Gasteiger partial charge in [-0.1, -0.05) is 24.3 Å². The number of hydrogen-bond acceptors (Lipinski definition) is 6. The number of carbonyl (C=O) groups is 1. The molecule has 1 amide bonds. The number of nitrogens with zero attached hydrogens (tertiary/aromatic N) is 1. The third kappa shape index (κ3) is 4.58. The molecule has 0 atom stereocenters. The molecule has 1 N–H and O–H groups in total. The minimum Gasteiger partial charge on any atom is -0.486 e. The van der Waals surface area contributed by atoms with Gasteiger partial charge in [-0.25, -0.2) is 0 Å². The average molecular weight is 386 g/mol. The first kappa shape index (κ1) is 19.6. The van der Waals surface area contributed by atoms with E-state index in [2.05, 4.69) is 5.32 Å². The number of hydrogen-bond donors (Lipinski definition) is 1. The Hall–Kier alpha value is -3.13. The second kappa shape index (κ2) is 8.71. The van der Waals surface area contributed by atoms with Crippen LogP contribution in [0.15, 0.2) is 36.4 Å². The van der Waals surface area contributed by atoms with Gasteiger partial charge in [0.2, 0.25) is 0 Å². The average Bonchev–Trinajstić information content (AvgIpc) is 2.69. The van der Waals surface area contributed by atoms with Crippen LogP contribution in [-0.2, 0) is 17.9 Å². The zero-order valence-electron chi connectivity index (χ0n) is 15.8. The van der Waals surface area contributed by atoms with Crippen molar-refractivity contribution in [3.63, 3.8) is 0 Å². The quantitative estimate of drug-likeness (QED) is 0.579. The van der Waals surface area contributed by atoms with Gasteiger partial charge in [-0.05, 0) is 25.0 Å². The van der Waals surface area contributed by atoms with E-state index >= 15 is 0 Å². The standard InChI is InChI=1S/C20H22N2O6/c1-13(2)28-12-15-6-4-3-5-14(15)11-21-20(23)16-9-18-19(27-8-7-26-18)10-17(16)22(24)25/h3-6,9-10,13H,7-8,11-12H2,1-2H3,(H,21,23). The first-order chi connectivity index (χ1) is 13.5. The Morgan fingerprint density at radius 3 is 2.46 bits per heavy atom. The normalized spacial score (nSPS) is 12.7. The van der Waals surface area contributed by atoms with Gasteiger partial charge in [0.15, 0.2) is 11.5 Å². The van der Waals surface area contributed by atoms with Gasteiger partial charge in [0, 0.05) is 12.6 Å². The molecular weight excluding hydrogens is 364 g/mol. The van der Waals surface area contributed by atoms with E-state index in [4.69, 9.17) is 14.2 Å². The number of nitro groups is 1. The lowest BCUT2D eigenvalue weighted by molar-refractivity contribution is -0.385. The van der Waals surface area contributed by atoms with Crippen LogP contribution in [0.25, 0.3) is 0 Å². The second-order valence-electron chi connectivity index (χ2n) is 6.58. The lowest BCUT2D eigenvalue weighted by Crippen LogP contribution is -2.25. The van der Waals surface area contributed by atoms with Crippen molar-refractivity contribution in [2.45, 2.75) is 33.1 Å². The monoisotopic (exact) mass is 386 g/mol. The maximum atomic E-state index is 12.7. The van der Waals surface area contributed by atoms with Crippen LogP contribution in [0.3, 0.4) is 0 Å². The van der Waals surface area contributed by atoms with Crippen molar-refractivity contribution >= 4 is 11.6 Å². The SMILES string of the molecule is CC(C)OCc1ccccc1CNC(=O)c1cc2c(cc1[N+](=O)[O-])OCCO2. The maximum Gasteiger partial charge on any atom is 0.286 e. The van der Waals surface area contributed by atoms with Crippen LogP contribution >= 0.6 is 0 Å². The summed E-state index contributed by atoms with van der Waals surface area (Å²) in [5, 5.41) is 14.2. The number of fused-ring (bicyclic) bond motifs is 1. The largest absolute Gasteiger partial charge is 0.486 e. The smallest absolute Gasteiger partial charge is 0.286 e. The third-order valence-electron chi connectivity index (χ3n) is 4.23. The van der Waals surface area contributed by atoms with Crippen molar-refractivity contribution < 1.29 is 23.9 Å². The Bertz CT molecular complexity index is 881. The fourth-order valence-electron chi connectivity index (χ4n) is 2.81. The van der Waals surface area contributed by atoms with E-state index < -0.39 is 10.8 Å². The molecule has 2 aromatic rings. The van der Waals surface area contributed by atoms with Crippen molar-refractivity contribution in [3.05, 3.63) is 63.2 Å². The summed E-state index contributed by atoms with van der Waals surface area (Å²) in [4.78, 5) is 23.5. The van der Waals surface area contributed by atoms with Gasteiger partial charge in [-0.3, -0.25) is 14.9 Å². The number of amides is 1. The molecule has 0 saturated carbocycles. The van der Waals surface area contributed by atoms with Gasteiger partial charge in [-0.2, -0.15) is 0 Å². The topological polar surface area (TPSA) is 99.9 Å². The van der Waals surface area contributed by atoms with Crippen molar-refractivity contribution in [1.82, 2.24) is 5.32 Å². The Kier molecular flexibility index (Phi) is 6.10. The van der Waals surface area contributed by atoms with Crippen molar-refractivity contribution in [2.75, 3.05) is 13.2 Å². The summed E-state index contributed by atoms with van der Waals surface area (Å²) in [7, 11) is 0. The molecule has 0 aliphatic carbocycles. The molecule has 1 heterocycles. The number of carbonyl (C=O) groups excluding carboxylic acids is 1. The van der Waals surface area contributed by atoms with Crippen molar-refractivity contribution in [3.8, 4) is 11.5 Å². The molecular formula is C20H22N2O6. The predicted octanol–water partition coefficient (Wildman–Crippen LogP) is 3.22. The van der Waals surface area contributed by atoms with Crippen LogP contribution in [-0.4, -0.2) is 30.1 Å². The highest BCUT2D eigenvalue weighted by Gasteiger charge is 2.26. The zero-order chi connectivity index (χ0) is 20.1. The van der Waals surface area contributed by atoms with Crippen LogP contribution in [0.1, 0.15) is 35.3 Å². The Labute approximate surface area is 162 Å². The summed E-state index contributed by atoms with van der Waals surface area (Å²) in [5.41, 5.74) is 1.45. The fourth-order valence-corrected chi connectivity index (χ4v) is 2.81. The Morgan fingerprint density at radius 2 is 1.82 bits per heavy atom. The molecule has 28 heavy (non-hydrogen) atoms. The third-order valence-corrected chi connectivity index (χ3v) is 4.23. The number of benzene rings is 2. The first-order valence-corrected chi connectivity index (χ1v) is 9.00. The molecule has 0 unspecified atom stereocenters. The molecule has 2 aromatic carbocycles. The highest BCUT2D eigenvalue weighted by molar-refractivity contribution is 5.99. The molecule has 1 aliphatic rings. The lowest BCUT2D eigenvalue weighted by atomic mass is 10.1. The Morgan fingerprint density at radius 1 is 1.18 bits per heavy atom. The van der Waals surface area contributed by atoms with E-state index in [0.717, 1.165) is 11.1 Å². The molecule has 3 rings (SSSR count). The van der Waals surface area contributed by atoms with Crippen LogP contribution in [0, 0.1) is 10.1 Å². The van der Waals surface area contributed by atoms with Crippen molar-refractivity contribution in [2.24, 2.45) is 0 Å². The molecule has 0 spiro atoms. The molecule has 0 radical (unpaired) electrons. The number of ether oxygens (including phenoxy) is 3. The van der Waals surface area contributed by atoms with Gasteiger partial charge < -0.3 is 19.5 Å². The summed E-state index contributed by atoms with van der Waals surface area (Å²) < 4.78 is 16.4. The summed E-state index contributed by atoms with van der Waals surface area (Å²) in [6.07, 6.45) is 0.0861. The Balaban J connectivity index is 1.78. The van der Waals surface area contributed by atoms with E-state index in [1.807, 2.05) is 38.1 Å². The van der Waals surface area contributed by atoms with E-state index in [1.54, 1.807) is 0 Å². The molecule has 148 valence electrons. The fraction of sp³-hybridized carbons (Fsp3) is 0.350. The number of rotatable bonds is 7. The van der Waals surface area contributed by atoms with Gasteiger partial charge in [0.05, 0.1) is 23.7 Å². The molecule has 1 aliphatic heterocycles. The lowest BCUT2D eigenvalue weighted by Gasteiger charge is -2.19. The minimum absolute atomic E-state index is 0.0647. The van der Waals surface area contributed by atoms with E-state index in [9.17, 15) is 14.9 Å². The van der Waals surface area contributed by atoms with Gasteiger partial charge in [0.1, 0.15) is 18.8 Å². The highest BCUT2D eigenvalue weighted by Crippen LogP contribution is 2.36. The van der Waals surface area contributed by atoms with Crippen molar-refractivity contribution in [1.29, 1.82) is 0 Å². The zero-order valence-corrected chi connectivity index (χ0v) is 15.8. The maximum absolute atomic E-state index is 12.7. The van der Waals surface area contributed by atoms with Crippen LogP contribution < -0.4 is 14.8 Å². The van der Waals surface area contributed by atoms with Gasteiger partial charge >= 0.3 is 0 Å². The summed E-state index contributed by atoms with van der Waals surface area (Å²) in [6, 6.07) is 10.2. The molecule has 0 saturated heterocycles. The van der Waals surface area contributed by atoms with E-state index in [1.165, 1.54) is 12.1 Å². The predicted molar refractivity (Wildman–Crippen MR) is 102 cm³/mol. The van der Waals surface area contributed by atoms with E-state index in [-0.39, 0.29) is 29.6 Å². The molecule has 8 nitrogen and oxygen atoms in total. The molecule has 8 heteroatoms. The van der Waals surface area contributed by atoms with Crippen LogP contribution in [0.2, 0.25) is 0 Å². The first-order valence-electron chi connectivity index (χ1n) is 9.00. The number of nitrogens with one attached hydrogen (secondary N) is 1. The van der Waals surface area contributed by atoms with Crippen LogP contribution in [0.4, 0.5) is 5.69 Å². The molecule has 0 aromatic heterocycles. The summed E-state index contributed by atoms with van der Waals surface area (Å²) >= 11 is 0. The summed E-state index contributed by atoms with van der Waals surface area (Å²) in [5.74, 6) is 0.0432. The van der Waals surface area contributed by atoms with E-state index in [0.29, 0.717) is 25.6 Å². The molecule has 0 bridgehead atoms. The molecule has 0 fully saturated rings. The highest BCUT2D eigenvalue weighted by atomic mass is 16.6. The van der Waals surface area contributed by atoms with Gasteiger partial charge in [-0.15, -0.1) is 0 Å². The minimum atomic E-state index is -0.600. The van der Waals surface area contributed by atoms with Gasteiger partial charge in [0.25, 0.3) is 11.6 Å². The van der Waals surface area contributed by atoms with Crippen LogP contribution in [0.5, 0.6) is 11.5 Å². The number of nitro benzene ring substituents is 1.